The van der Waals surface area contributed by atoms with Crippen LogP contribution in [0.25, 0.3) is 0 Å². The largest absolute Gasteiger partial charge is 0.478 e. The van der Waals surface area contributed by atoms with E-state index in [1.54, 1.807) is 13.0 Å². The number of benzene rings is 1. The Bertz CT molecular complexity index is 475. The fourth-order valence-electron chi connectivity index (χ4n) is 1.42. The van der Waals surface area contributed by atoms with Gasteiger partial charge in [0.25, 0.3) is 0 Å². The number of carboxylic acid groups (broad SMARTS) is 1. The number of aryl methyl sites for hydroxylation is 1. The average Bonchev–Trinajstić information content (AvgIpc) is 2.30. The van der Waals surface area contributed by atoms with Gasteiger partial charge in [0, 0.05) is 17.1 Å². The van der Waals surface area contributed by atoms with Gasteiger partial charge in [0.1, 0.15) is 0 Å². The van der Waals surface area contributed by atoms with Crippen molar-refractivity contribution in [3.8, 4) is 0 Å². The van der Waals surface area contributed by atoms with Crippen LogP contribution in [0.1, 0.15) is 22.8 Å². The van der Waals surface area contributed by atoms with E-state index in [4.69, 9.17) is 10.8 Å². The van der Waals surface area contributed by atoms with Crippen molar-refractivity contribution in [2.75, 3.05) is 18.0 Å². The van der Waals surface area contributed by atoms with E-state index >= 15 is 0 Å². The number of hydrogen-bond acceptors (Lipinski definition) is 4. The zero-order chi connectivity index (χ0) is 13.7. The third kappa shape index (κ3) is 3.66. The second-order valence-corrected chi connectivity index (χ2v) is 4.80. The third-order valence-electron chi connectivity index (χ3n) is 2.33. The minimum atomic E-state index is -1.06. The molecule has 0 saturated carbocycles. The standard InChI is InChI=1S/C12H16N2O3S/c1-3-14-10(15)6-18-8-4-7(2)11(13)9(5-8)12(16)17/h4-5H,3,6,13H2,1-2H3,(H,14,15)(H,16,17). The van der Waals surface area contributed by atoms with Crippen molar-refractivity contribution >= 4 is 29.3 Å². The van der Waals surface area contributed by atoms with E-state index < -0.39 is 5.97 Å². The molecule has 6 heteroatoms. The summed E-state index contributed by atoms with van der Waals surface area (Å²) < 4.78 is 0. The molecule has 0 radical (unpaired) electrons. The molecule has 0 spiro atoms. The van der Waals surface area contributed by atoms with Crippen LogP contribution in [0.3, 0.4) is 0 Å². The highest BCUT2D eigenvalue weighted by atomic mass is 32.2. The predicted molar refractivity (Wildman–Crippen MR) is 72.0 cm³/mol. The van der Waals surface area contributed by atoms with Gasteiger partial charge in [0.2, 0.25) is 5.91 Å². The summed E-state index contributed by atoms with van der Waals surface area (Å²) in [5, 5.41) is 11.7. The van der Waals surface area contributed by atoms with E-state index in [-0.39, 0.29) is 22.9 Å². The van der Waals surface area contributed by atoms with Gasteiger partial charge in [0.15, 0.2) is 0 Å². The summed E-state index contributed by atoms with van der Waals surface area (Å²) in [4.78, 5) is 23.0. The van der Waals surface area contributed by atoms with Crippen molar-refractivity contribution in [2.45, 2.75) is 18.7 Å². The van der Waals surface area contributed by atoms with Crippen LogP contribution >= 0.6 is 11.8 Å². The molecule has 98 valence electrons. The minimum absolute atomic E-state index is 0.0751. The summed E-state index contributed by atoms with van der Waals surface area (Å²) in [5.41, 5.74) is 6.73. The van der Waals surface area contributed by atoms with E-state index in [2.05, 4.69) is 5.32 Å². The normalized spacial score (nSPS) is 10.1. The molecular weight excluding hydrogens is 252 g/mol. The fraction of sp³-hybridized carbons (Fsp3) is 0.333. The maximum absolute atomic E-state index is 11.3. The molecule has 0 aromatic heterocycles. The molecule has 0 heterocycles. The van der Waals surface area contributed by atoms with Crippen molar-refractivity contribution in [1.29, 1.82) is 0 Å². The second-order valence-electron chi connectivity index (χ2n) is 3.75. The van der Waals surface area contributed by atoms with Crippen LogP contribution in [-0.2, 0) is 4.79 Å². The molecule has 0 aliphatic carbocycles. The number of anilines is 1. The van der Waals surface area contributed by atoms with Crippen LogP contribution in [0.2, 0.25) is 0 Å². The lowest BCUT2D eigenvalue weighted by atomic mass is 10.1. The first-order chi connectivity index (χ1) is 8.45. The Balaban J connectivity index is 2.84. The molecule has 5 nitrogen and oxygen atoms in total. The third-order valence-corrected chi connectivity index (χ3v) is 3.31. The van der Waals surface area contributed by atoms with E-state index in [1.807, 2.05) is 6.92 Å². The zero-order valence-electron chi connectivity index (χ0n) is 10.3. The van der Waals surface area contributed by atoms with Gasteiger partial charge >= 0.3 is 5.97 Å². The van der Waals surface area contributed by atoms with Gasteiger partial charge < -0.3 is 16.2 Å². The fourth-order valence-corrected chi connectivity index (χ4v) is 2.28. The number of nitrogen functional groups attached to an aromatic ring is 1. The Hall–Kier alpha value is -1.69. The number of hydrogen-bond donors (Lipinski definition) is 3. The molecule has 0 bridgehead atoms. The number of carboxylic acids is 1. The maximum atomic E-state index is 11.3. The predicted octanol–water partition coefficient (Wildman–Crippen LogP) is 1.50. The van der Waals surface area contributed by atoms with Crippen LogP contribution in [0.15, 0.2) is 17.0 Å². The highest BCUT2D eigenvalue weighted by molar-refractivity contribution is 8.00. The Morgan fingerprint density at radius 3 is 2.67 bits per heavy atom. The van der Waals surface area contributed by atoms with Crippen LogP contribution in [0, 0.1) is 6.92 Å². The summed E-state index contributed by atoms with van der Waals surface area (Å²) >= 11 is 1.29. The number of carbonyl (C=O) groups is 2. The first-order valence-corrected chi connectivity index (χ1v) is 6.47. The molecule has 1 aromatic carbocycles. The number of amides is 1. The summed E-state index contributed by atoms with van der Waals surface area (Å²) in [7, 11) is 0. The Labute approximate surface area is 110 Å². The van der Waals surface area contributed by atoms with E-state index in [0.717, 1.165) is 4.90 Å². The maximum Gasteiger partial charge on any atom is 0.337 e. The molecule has 0 fully saturated rings. The molecule has 18 heavy (non-hydrogen) atoms. The minimum Gasteiger partial charge on any atom is -0.478 e. The Morgan fingerprint density at radius 1 is 1.44 bits per heavy atom. The monoisotopic (exact) mass is 268 g/mol. The lowest BCUT2D eigenvalue weighted by Gasteiger charge is -2.08. The van der Waals surface area contributed by atoms with Crippen LogP contribution in [0.5, 0.6) is 0 Å². The van der Waals surface area contributed by atoms with Crippen molar-refractivity contribution < 1.29 is 14.7 Å². The Morgan fingerprint density at radius 2 is 2.11 bits per heavy atom. The van der Waals surface area contributed by atoms with Gasteiger partial charge in [-0.15, -0.1) is 11.8 Å². The van der Waals surface area contributed by atoms with Crippen molar-refractivity contribution in [2.24, 2.45) is 0 Å². The lowest BCUT2D eigenvalue weighted by molar-refractivity contribution is -0.118. The van der Waals surface area contributed by atoms with Crippen molar-refractivity contribution in [1.82, 2.24) is 5.32 Å². The quantitative estimate of drug-likeness (QED) is 0.556. The van der Waals surface area contributed by atoms with Gasteiger partial charge in [0.05, 0.1) is 11.3 Å². The topological polar surface area (TPSA) is 92.4 Å². The van der Waals surface area contributed by atoms with E-state index in [1.165, 1.54) is 17.8 Å². The molecule has 0 saturated heterocycles. The molecule has 1 rings (SSSR count). The van der Waals surface area contributed by atoms with Crippen LogP contribution in [0.4, 0.5) is 5.69 Å². The van der Waals surface area contributed by atoms with Crippen molar-refractivity contribution in [3.05, 3.63) is 23.3 Å². The number of rotatable bonds is 5. The number of nitrogens with two attached hydrogens (primary N) is 1. The molecule has 0 unspecified atom stereocenters. The summed E-state index contributed by atoms with van der Waals surface area (Å²) in [6.45, 7) is 4.18. The molecule has 1 aromatic rings. The van der Waals surface area contributed by atoms with Crippen molar-refractivity contribution in [3.63, 3.8) is 0 Å². The smallest absolute Gasteiger partial charge is 0.337 e. The number of nitrogens with one attached hydrogen (secondary N) is 1. The van der Waals surface area contributed by atoms with Gasteiger partial charge in [-0.25, -0.2) is 4.79 Å². The van der Waals surface area contributed by atoms with Gasteiger partial charge in [-0.3, -0.25) is 4.79 Å². The summed E-state index contributed by atoms with van der Waals surface area (Å²) in [5.74, 6) is -0.874. The molecule has 0 atom stereocenters. The molecule has 0 aliphatic heterocycles. The number of carbonyl (C=O) groups excluding carboxylic acids is 1. The molecule has 0 aliphatic rings. The summed E-state index contributed by atoms with van der Waals surface area (Å²) in [6, 6.07) is 3.28. The highest BCUT2D eigenvalue weighted by Crippen LogP contribution is 2.26. The first-order valence-electron chi connectivity index (χ1n) is 5.48. The zero-order valence-corrected chi connectivity index (χ0v) is 11.1. The SMILES string of the molecule is CCNC(=O)CSc1cc(C)c(N)c(C(=O)O)c1. The van der Waals surface area contributed by atoms with Crippen LogP contribution in [-0.4, -0.2) is 29.3 Å². The van der Waals surface area contributed by atoms with Gasteiger partial charge in [-0.05, 0) is 31.5 Å². The van der Waals surface area contributed by atoms with Gasteiger partial charge in [-0.2, -0.15) is 0 Å². The summed E-state index contributed by atoms with van der Waals surface area (Å²) in [6.07, 6.45) is 0. The van der Waals surface area contributed by atoms with E-state index in [0.29, 0.717) is 12.1 Å². The molecular formula is C12H16N2O3S. The van der Waals surface area contributed by atoms with Crippen LogP contribution < -0.4 is 11.1 Å². The number of thioether (sulfide) groups is 1. The highest BCUT2D eigenvalue weighted by Gasteiger charge is 2.12. The lowest BCUT2D eigenvalue weighted by Crippen LogP contribution is -2.24. The van der Waals surface area contributed by atoms with Gasteiger partial charge in [-0.1, -0.05) is 0 Å². The number of aromatic carboxylic acids is 1. The first kappa shape index (κ1) is 14.4. The second kappa shape index (κ2) is 6.30. The molecule has 1 amide bonds. The molecule has 4 N–H and O–H groups in total. The van der Waals surface area contributed by atoms with E-state index in [9.17, 15) is 9.59 Å². The Kier molecular flexibility index (Phi) is 5.03. The average molecular weight is 268 g/mol.